The third-order valence-electron chi connectivity index (χ3n) is 6.50. The van der Waals surface area contributed by atoms with Crippen LogP contribution in [0.3, 0.4) is 0 Å². The molecule has 0 bridgehead atoms. The number of hydrogen-bond acceptors (Lipinski definition) is 6. The molecule has 2 unspecified atom stereocenters. The Bertz CT molecular complexity index is 1050. The summed E-state index contributed by atoms with van der Waals surface area (Å²) < 4.78 is 51.9. The number of nitrogens with one attached hydrogen (secondary N) is 1. The zero-order valence-electron chi connectivity index (χ0n) is 21.4. The number of carbonyl (C=O) groups is 3. The van der Waals surface area contributed by atoms with Crippen LogP contribution in [0.5, 0.6) is 0 Å². The summed E-state index contributed by atoms with van der Waals surface area (Å²) >= 11 is 0. The van der Waals surface area contributed by atoms with Gasteiger partial charge in [-0.15, -0.1) is 0 Å². The van der Waals surface area contributed by atoms with Gasteiger partial charge in [-0.3, -0.25) is 14.6 Å². The summed E-state index contributed by atoms with van der Waals surface area (Å²) in [7, 11) is 1.45. The SMILES string of the molecule is CCOC(=O)C1=C(CN2CCN(C(=O)COC)C(C)C2)N(CC)C(=O)NC1c1ccccc1C(F)(F)F. The Kier molecular flexibility index (Phi) is 9.19. The van der Waals surface area contributed by atoms with Crippen LogP contribution in [0.4, 0.5) is 18.0 Å². The Labute approximate surface area is 214 Å². The maximum absolute atomic E-state index is 13.9. The Morgan fingerprint density at radius 2 is 1.86 bits per heavy atom. The third-order valence-corrected chi connectivity index (χ3v) is 6.50. The van der Waals surface area contributed by atoms with E-state index in [0.717, 1.165) is 6.07 Å². The summed E-state index contributed by atoms with van der Waals surface area (Å²) in [6.45, 7) is 6.80. The molecule has 0 saturated carbocycles. The van der Waals surface area contributed by atoms with Gasteiger partial charge in [0.1, 0.15) is 6.61 Å². The van der Waals surface area contributed by atoms with Crippen molar-refractivity contribution < 1.29 is 37.0 Å². The molecule has 0 aromatic heterocycles. The number of carbonyl (C=O) groups excluding carboxylic acids is 3. The number of hydrogen-bond donors (Lipinski definition) is 1. The molecule has 2 aliphatic rings. The lowest BCUT2D eigenvalue weighted by molar-refractivity contribution is -0.141. The maximum Gasteiger partial charge on any atom is 0.416 e. The van der Waals surface area contributed by atoms with Crippen molar-refractivity contribution in [2.24, 2.45) is 0 Å². The highest BCUT2D eigenvalue weighted by Crippen LogP contribution is 2.39. The number of methoxy groups -OCH3 is 1. The minimum Gasteiger partial charge on any atom is -0.463 e. The molecule has 37 heavy (non-hydrogen) atoms. The highest BCUT2D eigenvalue weighted by atomic mass is 19.4. The number of amides is 3. The van der Waals surface area contributed by atoms with Crippen LogP contribution in [0.15, 0.2) is 35.5 Å². The third kappa shape index (κ3) is 6.24. The van der Waals surface area contributed by atoms with Crippen molar-refractivity contribution in [1.82, 2.24) is 20.0 Å². The van der Waals surface area contributed by atoms with Gasteiger partial charge < -0.3 is 19.7 Å². The first-order valence-corrected chi connectivity index (χ1v) is 12.2. The van der Waals surface area contributed by atoms with Gasteiger partial charge in [0.05, 0.1) is 23.8 Å². The fraction of sp³-hybridized carbons (Fsp3) is 0.560. The lowest BCUT2D eigenvalue weighted by Gasteiger charge is -2.43. The molecule has 0 radical (unpaired) electrons. The van der Waals surface area contributed by atoms with Crippen LogP contribution >= 0.6 is 0 Å². The van der Waals surface area contributed by atoms with E-state index in [0.29, 0.717) is 19.6 Å². The number of urea groups is 1. The van der Waals surface area contributed by atoms with E-state index in [-0.39, 0.29) is 55.1 Å². The van der Waals surface area contributed by atoms with Gasteiger partial charge in [-0.05, 0) is 32.4 Å². The van der Waals surface area contributed by atoms with Gasteiger partial charge in [-0.1, -0.05) is 18.2 Å². The molecule has 1 fully saturated rings. The molecule has 1 aromatic rings. The standard InChI is InChI=1S/C25H33F3N4O5/c1-5-31-19(14-30-11-12-32(16(3)13-30)20(33)15-36-4)21(23(34)37-6-2)22(29-24(31)35)17-9-7-8-10-18(17)25(26,27)28/h7-10,16,22H,5-6,11-15H2,1-4H3,(H,29,35). The second kappa shape index (κ2) is 12.0. The van der Waals surface area contributed by atoms with E-state index in [1.165, 1.54) is 30.2 Å². The number of piperazine rings is 1. The number of ether oxygens (including phenoxy) is 2. The number of alkyl halides is 3. The van der Waals surface area contributed by atoms with Crippen molar-refractivity contribution >= 4 is 17.9 Å². The molecule has 3 rings (SSSR count). The Balaban J connectivity index is 2.05. The predicted octanol–water partition coefficient (Wildman–Crippen LogP) is 2.79. The number of likely N-dealkylation sites (N-methyl/N-ethyl adjacent to an activating group) is 1. The quantitative estimate of drug-likeness (QED) is 0.524. The summed E-state index contributed by atoms with van der Waals surface area (Å²) in [5.74, 6) is -0.933. The molecule has 0 spiro atoms. The highest BCUT2D eigenvalue weighted by Gasteiger charge is 2.43. The Hall–Kier alpha value is -3.12. The van der Waals surface area contributed by atoms with Crippen molar-refractivity contribution in [2.75, 3.05) is 53.0 Å². The smallest absolute Gasteiger partial charge is 0.416 e. The Morgan fingerprint density at radius 1 is 1.16 bits per heavy atom. The van der Waals surface area contributed by atoms with E-state index in [1.54, 1.807) is 18.7 Å². The molecular weight excluding hydrogens is 493 g/mol. The van der Waals surface area contributed by atoms with E-state index in [4.69, 9.17) is 9.47 Å². The fourth-order valence-corrected chi connectivity index (χ4v) is 4.86. The molecule has 2 aliphatic heterocycles. The van der Waals surface area contributed by atoms with Crippen molar-refractivity contribution in [1.29, 1.82) is 0 Å². The molecule has 2 heterocycles. The van der Waals surface area contributed by atoms with Gasteiger partial charge in [0.25, 0.3) is 0 Å². The second-order valence-electron chi connectivity index (χ2n) is 8.90. The molecule has 204 valence electrons. The number of esters is 1. The molecule has 3 amide bonds. The average Bonchev–Trinajstić information content (AvgIpc) is 2.83. The molecule has 1 N–H and O–H groups in total. The lowest BCUT2D eigenvalue weighted by atomic mass is 9.90. The van der Waals surface area contributed by atoms with Crippen molar-refractivity contribution in [3.05, 3.63) is 46.7 Å². The van der Waals surface area contributed by atoms with Crippen LogP contribution in [-0.4, -0.2) is 91.7 Å². The number of halogens is 3. The van der Waals surface area contributed by atoms with Crippen LogP contribution in [0.2, 0.25) is 0 Å². The fourth-order valence-electron chi connectivity index (χ4n) is 4.86. The van der Waals surface area contributed by atoms with Crippen molar-refractivity contribution in [3.63, 3.8) is 0 Å². The maximum atomic E-state index is 13.9. The van der Waals surface area contributed by atoms with Gasteiger partial charge in [-0.2, -0.15) is 13.2 Å². The van der Waals surface area contributed by atoms with Crippen LogP contribution in [0, 0.1) is 0 Å². The van der Waals surface area contributed by atoms with E-state index in [1.807, 2.05) is 11.8 Å². The minimum absolute atomic E-state index is 0.0145. The molecule has 0 aliphatic carbocycles. The van der Waals surface area contributed by atoms with E-state index in [9.17, 15) is 27.6 Å². The number of nitrogens with zero attached hydrogens (tertiary/aromatic N) is 3. The monoisotopic (exact) mass is 526 g/mol. The molecular formula is C25H33F3N4O5. The Morgan fingerprint density at radius 3 is 2.46 bits per heavy atom. The first kappa shape index (κ1) is 28.5. The van der Waals surface area contributed by atoms with Crippen molar-refractivity contribution in [2.45, 2.75) is 39.0 Å². The zero-order chi connectivity index (χ0) is 27.3. The molecule has 2 atom stereocenters. The summed E-state index contributed by atoms with van der Waals surface area (Å²) in [5, 5.41) is 2.59. The van der Waals surface area contributed by atoms with Crippen LogP contribution in [0.1, 0.15) is 37.9 Å². The lowest BCUT2D eigenvalue weighted by Crippen LogP contribution is -2.57. The van der Waals surface area contributed by atoms with Gasteiger partial charge in [0.2, 0.25) is 5.91 Å². The second-order valence-corrected chi connectivity index (χ2v) is 8.90. The van der Waals surface area contributed by atoms with Crippen LogP contribution in [0.25, 0.3) is 0 Å². The summed E-state index contributed by atoms with van der Waals surface area (Å²) in [6, 6.07) is 2.76. The molecule has 1 aromatic carbocycles. The largest absolute Gasteiger partial charge is 0.463 e. The predicted molar refractivity (Wildman–Crippen MR) is 128 cm³/mol. The first-order chi connectivity index (χ1) is 17.5. The van der Waals surface area contributed by atoms with Gasteiger partial charge in [0.15, 0.2) is 0 Å². The average molecular weight is 527 g/mol. The highest BCUT2D eigenvalue weighted by molar-refractivity contribution is 5.95. The normalized spacial score (nSPS) is 21.2. The molecule has 1 saturated heterocycles. The number of benzene rings is 1. The minimum atomic E-state index is -4.69. The van der Waals surface area contributed by atoms with E-state index in [2.05, 4.69) is 5.32 Å². The van der Waals surface area contributed by atoms with Gasteiger partial charge in [0, 0.05) is 51.6 Å². The molecule has 12 heteroatoms. The topological polar surface area (TPSA) is 91.4 Å². The van der Waals surface area contributed by atoms with Gasteiger partial charge >= 0.3 is 18.2 Å². The zero-order valence-corrected chi connectivity index (χ0v) is 21.4. The first-order valence-electron chi connectivity index (χ1n) is 12.2. The van der Waals surface area contributed by atoms with E-state index >= 15 is 0 Å². The number of rotatable bonds is 8. The summed E-state index contributed by atoms with van der Waals surface area (Å²) in [6.07, 6.45) is -4.69. The van der Waals surface area contributed by atoms with Gasteiger partial charge in [-0.25, -0.2) is 9.59 Å². The summed E-state index contributed by atoms with van der Waals surface area (Å²) in [5.41, 5.74) is -0.922. The van der Waals surface area contributed by atoms with Crippen molar-refractivity contribution in [3.8, 4) is 0 Å². The van der Waals surface area contributed by atoms with Crippen LogP contribution < -0.4 is 5.32 Å². The molecule has 9 nitrogen and oxygen atoms in total. The van der Waals surface area contributed by atoms with Crippen LogP contribution in [-0.2, 0) is 25.2 Å². The van der Waals surface area contributed by atoms with E-state index < -0.39 is 29.8 Å². The summed E-state index contributed by atoms with van der Waals surface area (Å²) in [4.78, 5) is 43.7.